The third kappa shape index (κ3) is 4.50. The van der Waals surface area contributed by atoms with Crippen LogP contribution in [0.25, 0.3) is 0 Å². The Morgan fingerprint density at radius 2 is 2.00 bits per heavy atom. The van der Waals surface area contributed by atoms with Gasteiger partial charge in [-0.3, -0.25) is 4.79 Å². The average molecular weight is 171 g/mol. The van der Waals surface area contributed by atoms with Crippen LogP contribution in [0.2, 0.25) is 0 Å². The smallest absolute Gasteiger partial charge is 0.137 e. The minimum absolute atomic E-state index is 0.113. The molecule has 0 aromatic rings. The van der Waals surface area contributed by atoms with Crippen molar-refractivity contribution in [1.82, 2.24) is 0 Å². The van der Waals surface area contributed by atoms with Crippen LogP contribution in [0.3, 0.4) is 0 Å². The Bertz CT molecular complexity index is 119. The lowest BCUT2D eigenvalue weighted by Gasteiger charge is -2.09. The van der Waals surface area contributed by atoms with Crippen molar-refractivity contribution in [3.05, 3.63) is 0 Å². The fourth-order valence-electron chi connectivity index (χ4n) is 1.28. The van der Waals surface area contributed by atoms with Crippen molar-refractivity contribution < 1.29 is 4.79 Å². The Labute approximate surface area is 75.5 Å². The molecule has 1 unspecified atom stereocenters. The third-order valence-electron chi connectivity index (χ3n) is 2.26. The van der Waals surface area contributed by atoms with Gasteiger partial charge in [0.1, 0.15) is 5.78 Å². The van der Waals surface area contributed by atoms with Gasteiger partial charge in [0.2, 0.25) is 0 Å². The summed E-state index contributed by atoms with van der Waals surface area (Å²) in [5.41, 5.74) is 5.47. The molecule has 0 bridgehead atoms. The van der Waals surface area contributed by atoms with Crippen LogP contribution in [0.15, 0.2) is 0 Å². The molecule has 0 aliphatic rings. The Kier molecular flexibility index (Phi) is 7.06. The van der Waals surface area contributed by atoms with Gasteiger partial charge in [0.05, 0.1) is 0 Å². The molecule has 0 aromatic heterocycles. The summed E-state index contributed by atoms with van der Waals surface area (Å²) in [5, 5.41) is 0. The molecule has 0 saturated carbocycles. The second-order valence-corrected chi connectivity index (χ2v) is 3.26. The van der Waals surface area contributed by atoms with E-state index < -0.39 is 0 Å². The van der Waals surface area contributed by atoms with E-state index in [1.165, 1.54) is 6.42 Å². The van der Waals surface area contributed by atoms with E-state index in [1.807, 2.05) is 6.92 Å². The lowest BCUT2D eigenvalue weighted by Crippen LogP contribution is -2.22. The second kappa shape index (κ2) is 7.29. The average Bonchev–Trinajstić information content (AvgIpc) is 2.07. The highest BCUT2D eigenvalue weighted by Gasteiger charge is 2.12. The summed E-state index contributed by atoms with van der Waals surface area (Å²) in [4.78, 5) is 11.4. The maximum absolute atomic E-state index is 11.4. The van der Waals surface area contributed by atoms with Gasteiger partial charge in [0.15, 0.2) is 0 Å². The van der Waals surface area contributed by atoms with Gasteiger partial charge in [0, 0.05) is 18.9 Å². The zero-order chi connectivity index (χ0) is 9.40. The van der Waals surface area contributed by atoms with Crippen molar-refractivity contribution in [2.45, 2.75) is 46.0 Å². The second-order valence-electron chi connectivity index (χ2n) is 3.26. The summed E-state index contributed by atoms with van der Waals surface area (Å²) in [6, 6.07) is 0. The maximum atomic E-state index is 11.4. The van der Waals surface area contributed by atoms with Crippen LogP contribution in [0, 0.1) is 5.92 Å². The zero-order valence-corrected chi connectivity index (χ0v) is 8.31. The van der Waals surface area contributed by atoms with Crippen LogP contribution in [0.4, 0.5) is 0 Å². The lowest BCUT2D eigenvalue weighted by molar-refractivity contribution is -0.122. The third-order valence-corrected chi connectivity index (χ3v) is 2.26. The van der Waals surface area contributed by atoms with Gasteiger partial charge < -0.3 is 5.73 Å². The monoisotopic (exact) mass is 171 g/mol. The quantitative estimate of drug-likeness (QED) is 0.596. The van der Waals surface area contributed by atoms with Crippen LogP contribution >= 0.6 is 0 Å². The number of carbonyl (C=O) groups excluding carboxylic acids is 1. The molecule has 0 spiro atoms. The number of hydrogen-bond donors (Lipinski definition) is 1. The van der Waals surface area contributed by atoms with E-state index >= 15 is 0 Å². The van der Waals surface area contributed by atoms with Gasteiger partial charge in [-0.05, 0) is 12.8 Å². The first kappa shape index (κ1) is 11.6. The van der Waals surface area contributed by atoms with E-state index in [2.05, 4.69) is 6.92 Å². The van der Waals surface area contributed by atoms with Crippen LogP contribution in [0.5, 0.6) is 0 Å². The number of Topliss-reactive ketones (excluding diaryl/α,β-unsaturated/α-hetero) is 1. The fourth-order valence-corrected chi connectivity index (χ4v) is 1.28. The number of unbranched alkanes of at least 4 members (excludes halogenated alkanes) is 2. The van der Waals surface area contributed by atoms with E-state index in [0.717, 1.165) is 25.7 Å². The number of ketones is 1. The minimum atomic E-state index is 0.113. The summed E-state index contributed by atoms with van der Waals surface area (Å²) in [5.74, 6) is 0.468. The normalized spacial score (nSPS) is 12.9. The fraction of sp³-hybridized carbons (Fsp3) is 0.900. The molecule has 12 heavy (non-hydrogen) atoms. The highest BCUT2D eigenvalue weighted by molar-refractivity contribution is 5.81. The number of rotatable bonds is 7. The number of nitrogens with two attached hydrogens (primary N) is 1. The zero-order valence-electron chi connectivity index (χ0n) is 8.31. The van der Waals surface area contributed by atoms with Crippen LogP contribution in [0.1, 0.15) is 46.0 Å². The van der Waals surface area contributed by atoms with E-state index in [1.54, 1.807) is 0 Å². The molecule has 2 N–H and O–H groups in total. The molecule has 72 valence electrons. The van der Waals surface area contributed by atoms with Gasteiger partial charge in [-0.2, -0.15) is 0 Å². The van der Waals surface area contributed by atoms with Crippen LogP contribution < -0.4 is 5.73 Å². The molecule has 2 nitrogen and oxygen atoms in total. The first-order valence-electron chi connectivity index (χ1n) is 4.99. The molecule has 0 radical (unpaired) electrons. The Morgan fingerprint density at radius 3 is 2.42 bits per heavy atom. The van der Waals surface area contributed by atoms with Crippen molar-refractivity contribution in [3.63, 3.8) is 0 Å². The minimum Gasteiger partial charge on any atom is -0.330 e. The summed E-state index contributed by atoms with van der Waals surface area (Å²) < 4.78 is 0. The molecular weight excluding hydrogens is 150 g/mol. The van der Waals surface area contributed by atoms with E-state index in [0.29, 0.717) is 12.3 Å². The number of carbonyl (C=O) groups is 1. The van der Waals surface area contributed by atoms with Gasteiger partial charge in [0.25, 0.3) is 0 Å². The molecular formula is C10H21NO. The van der Waals surface area contributed by atoms with E-state index in [9.17, 15) is 4.79 Å². The largest absolute Gasteiger partial charge is 0.330 e. The molecule has 0 heterocycles. The SMILES string of the molecule is CCCCCC(=O)C(CC)CN. The molecule has 2 heteroatoms. The topological polar surface area (TPSA) is 43.1 Å². The predicted octanol–water partition coefficient (Wildman–Crippen LogP) is 2.12. The molecule has 0 fully saturated rings. The molecule has 0 rings (SSSR count). The van der Waals surface area contributed by atoms with Gasteiger partial charge in [-0.15, -0.1) is 0 Å². The van der Waals surface area contributed by atoms with Crippen molar-refractivity contribution >= 4 is 5.78 Å². The molecule has 0 saturated heterocycles. The van der Waals surface area contributed by atoms with Crippen LogP contribution in [-0.2, 0) is 4.79 Å². The summed E-state index contributed by atoms with van der Waals surface area (Å²) in [6.45, 7) is 4.68. The predicted molar refractivity (Wildman–Crippen MR) is 52.0 cm³/mol. The summed E-state index contributed by atoms with van der Waals surface area (Å²) >= 11 is 0. The van der Waals surface area contributed by atoms with Gasteiger partial charge in [-0.1, -0.05) is 26.7 Å². The van der Waals surface area contributed by atoms with Gasteiger partial charge in [-0.25, -0.2) is 0 Å². The molecule has 1 atom stereocenters. The first-order valence-corrected chi connectivity index (χ1v) is 4.99. The molecule has 0 aliphatic heterocycles. The first-order chi connectivity index (χ1) is 5.76. The summed E-state index contributed by atoms with van der Waals surface area (Å²) in [7, 11) is 0. The van der Waals surface area contributed by atoms with Crippen molar-refractivity contribution in [2.24, 2.45) is 11.7 Å². The number of hydrogen-bond acceptors (Lipinski definition) is 2. The standard InChI is InChI=1S/C10H21NO/c1-3-5-6-7-10(12)9(4-2)8-11/h9H,3-8,11H2,1-2H3. The van der Waals surface area contributed by atoms with Crippen molar-refractivity contribution in [2.75, 3.05) is 6.54 Å². The highest BCUT2D eigenvalue weighted by atomic mass is 16.1. The Hall–Kier alpha value is -0.370. The Balaban J connectivity index is 3.54. The lowest BCUT2D eigenvalue weighted by atomic mass is 9.97. The van der Waals surface area contributed by atoms with Crippen molar-refractivity contribution in [1.29, 1.82) is 0 Å². The molecule has 0 aliphatic carbocycles. The molecule has 0 aromatic carbocycles. The summed E-state index contributed by atoms with van der Waals surface area (Å²) in [6.07, 6.45) is 4.98. The van der Waals surface area contributed by atoms with Crippen molar-refractivity contribution in [3.8, 4) is 0 Å². The maximum Gasteiger partial charge on any atom is 0.137 e. The Morgan fingerprint density at radius 1 is 1.33 bits per heavy atom. The molecule has 0 amide bonds. The van der Waals surface area contributed by atoms with Crippen LogP contribution in [-0.4, -0.2) is 12.3 Å². The van der Waals surface area contributed by atoms with Gasteiger partial charge >= 0.3 is 0 Å². The van der Waals surface area contributed by atoms with E-state index in [4.69, 9.17) is 5.73 Å². The highest BCUT2D eigenvalue weighted by Crippen LogP contribution is 2.08. The van der Waals surface area contributed by atoms with E-state index in [-0.39, 0.29) is 5.92 Å².